The minimum Gasteiger partial charge on any atom is -0.490 e. The van der Waals surface area contributed by atoms with Crippen LogP contribution in [0.15, 0.2) is 12.1 Å². The topological polar surface area (TPSA) is 59.0 Å². The third-order valence-corrected chi connectivity index (χ3v) is 3.92. The normalized spacial score (nSPS) is 17.0. The van der Waals surface area contributed by atoms with Gasteiger partial charge >= 0.3 is 0 Å². The van der Waals surface area contributed by atoms with E-state index in [4.69, 9.17) is 9.47 Å². The van der Waals surface area contributed by atoms with Crippen LogP contribution in [0.1, 0.15) is 52.0 Å². The first kappa shape index (κ1) is 17.6. The second kappa shape index (κ2) is 8.20. The molecule has 1 aromatic carbocycles. The largest absolute Gasteiger partial charge is 0.490 e. The van der Waals surface area contributed by atoms with E-state index in [-0.39, 0.29) is 12.5 Å². The Balaban J connectivity index is 2.39. The summed E-state index contributed by atoms with van der Waals surface area (Å²) in [7, 11) is 0. The molecule has 0 fully saturated rings. The minimum atomic E-state index is -0.520. The fourth-order valence-corrected chi connectivity index (χ4v) is 2.69. The van der Waals surface area contributed by atoms with Crippen LogP contribution in [0, 0.1) is 0 Å². The van der Waals surface area contributed by atoms with Gasteiger partial charge in [0, 0.05) is 6.54 Å². The molecule has 1 heterocycles. The number of anilines is 1. The van der Waals surface area contributed by atoms with Crippen molar-refractivity contribution in [2.24, 2.45) is 0 Å². The number of fused-ring (bicyclic) bond motifs is 1. The number of ether oxygens (including phenoxy) is 2. The average molecular weight is 321 g/mol. The fraction of sp³-hybridized carbons (Fsp3) is 0.611. The molecule has 0 spiro atoms. The van der Waals surface area contributed by atoms with Crippen LogP contribution in [0.25, 0.3) is 0 Å². The molecule has 0 bridgehead atoms. The number of unbranched alkanes of at least 4 members (excludes halogenated alkanes) is 2. The zero-order valence-electron chi connectivity index (χ0n) is 14.3. The van der Waals surface area contributed by atoms with Crippen molar-refractivity contribution in [1.82, 2.24) is 0 Å². The molecule has 0 saturated heterocycles. The van der Waals surface area contributed by atoms with Gasteiger partial charge in [-0.15, -0.1) is 0 Å². The van der Waals surface area contributed by atoms with Gasteiger partial charge in [-0.3, -0.25) is 4.79 Å². The van der Waals surface area contributed by atoms with E-state index < -0.39 is 6.10 Å². The van der Waals surface area contributed by atoms with E-state index in [2.05, 4.69) is 6.92 Å². The van der Waals surface area contributed by atoms with Gasteiger partial charge in [-0.1, -0.05) is 26.7 Å². The molecule has 1 aliphatic rings. The van der Waals surface area contributed by atoms with E-state index in [0.29, 0.717) is 30.3 Å². The van der Waals surface area contributed by atoms with Crippen LogP contribution in [-0.4, -0.2) is 30.3 Å². The van der Waals surface area contributed by atoms with E-state index in [9.17, 15) is 9.90 Å². The maximum Gasteiger partial charge on any atom is 0.267 e. The van der Waals surface area contributed by atoms with E-state index in [1.54, 1.807) is 17.9 Å². The van der Waals surface area contributed by atoms with Crippen LogP contribution >= 0.6 is 0 Å². The van der Waals surface area contributed by atoms with Crippen molar-refractivity contribution < 1.29 is 19.4 Å². The van der Waals surface area contributed by atoms with Gasteiger partial charge in [0.25, 0.3) is 5.91 Å². The number of nitrogens with zero attached hydrogens (tertiary/aromatic N) is 1. The Labute approximate surface area is 138 Å². The molecule has 0 aliphatic carbocycles. The van der Waals surface area contributed by atoms with Gasteiger partial charge in [0.1, 0.15) is 0 Å². The Hall–Kier alpha value is -1.75. The molecule has 1 aromatic rings. The summed E-state index contributed by atoms with van der Waals surface area (Å²) in [4.78, 5) is 14.3. The van der Waals surface area contributed by atoms with Gasteiger partial charge in [-0.25, -0.2) is 0 Å². The number of aliphatic hydroxyl groups excluding tert-OH is 1. The van der Waals surface area contributed by atoms with Crippen LogP contribution in [-0.2, 0) is 11.4 Å². The second-order valence-corrected chi connectivity index (χ2v) is 5.91. The lowest BCUT2D eigenvalue weighted by Crippen LogP contribution is -2.45. The van der Waals surface area contributed by atoms with Crippen LogP contribution < -0.4 is 14.4 Å². The number of benzene rings is 1. The number of hydrogen-bond acceptors (Lipinski definition) is 4. The standard InChI is InChI=1S/C18H27NO4/c1-4-6-7-8-19-15-10-14(12-20)11-16(22-9-5-2)17(15)23-13(3)18(19)21/h10-11,13,20H,4-9,12H2,1-3H3. The van der Waals surface area contributed by atoms with Gasteiger partial charge in [-0.2, -0.15) is 0 Å². The highest BCUT2D eigenvalue weighted by molar-refractivity contribution is 6.00. The van der Waals surface area contributed by atoms with Crippen molar-refractivity contribution in [1.29, 1.82) is 0 Å². The summed E-state index contributed by atoms with van der Waals surface area (Å²) in [5.74, 6) is 1.18. The lowest BCUT2D eigenvalue weighted by atomic mass is 10.1. The first-order valence-electron chi connectivity index (χ1n) is 8.50. The summed E-state index contributed by atoms with van der Waals surface area (Å²) in [5, 5.41) is 9.51. The maximum atomic E-state index is 12.5. The summed E-state index contributed by atoms with van der Waals surface area (Å²) in [6, 6.07) is 3.62. The highest BCUT2D eigenvalue weighted by atomic mass is 16.5. The second-order valence-electron chi connectivity index (χ2n) is 5.91. The van der Waals surface area contributed by atoms with Crippen molar-refractivity contribution >= 4 is 11.6 Å². The molecule has 0 saturated carbocycles. The Kier molecular flexibility index (Phi) is 6.28. The smallest absolute Gasteiger partial charge is 0.267 e. The molecule has 5 heteroatoms. The fourth-order valence-electron chi connectivity index (χ4n) is 2.69. The monoisotopic (exact) mass is 321 g/mol. The van der Waals surface area contributed by atoms with Crippen molar-refractivity contribution in [2.75, 3.05) is 18.1 Å². The third kappa shape index (κ3) is 3.96. The Morgan fingerprint density at radius 1 is 1.26 bits per heavy atom. The van der Waals surface area contributed by atoms with Gasteiger partial charge < -0.3 is 19.5 Å². The summed E-state index contributed by atoms with van der Waals surface area (Å²) < 4.78 is 11.6. The first-order valence-corrected chi connectivity index (χ1v) is 8.50. The molecule has 2 rings (SSSR count). The van der Waals surface area contributed by atoms with Gasteiger partial charge in [0.05, 0.1) is 18.9 Å². The predicted molar refractivity (Wildman–Crippen MR) is 90.1 cm³/mol. The lowest BCUT2D eigenvalue weighted by Gasteiger charge is -2.34. The van der Waals surface area contributed by atoms with E-state index >= 15 is 0 Å². The molecule has 128 valence electrons. The number of carbonyl (C=O) groups excluding carboxylic acids is 1. The number of carbonyl (C=O) groups is 1. The maximum absolute atomic E-state index is 12.5. The molecule has 1 unspecified atom stereocenters. The van der Waals surface area contributed by atoms with Crippen LogP contribution in [0.4, 0.5) is 5.69 Å². The molecule has 1 atom stereocenters. The lowest BCUT2D eigenvalue weighted by molar-refractivity contribution is -0.125. The molecule has 23 heavy (non-hydrogen) atoms. The molecule has 0 aromatic heterocycles. The van der Waals surface area contributed by atoms with E-state index in [1.165, 1.54) is 0 Å². The van der Waals surface area contributed by atoms with E-state index in [1.807, 2.05) is 13.0 Å². The van der Waals surface area contributed by atoms with Crippen LogP contribution in [0.5, 0.6) is 11.5 Å². The zero-order chi connectivity index (χ0) is 16.8. The first-order chi connectivity index (χ1) is 11.1. The molecule has 1 aliphatic heterocycles. The highest BCUT2D eigenvalue weighted by Crippen LogP contribution is 2.43. The summed E-state index contributed by atoms with van der Waals surface area (Å²) in [6.45, 7) is 7.08. The number of aliphatic hydroxyl groups is 1. The number of amides is 1. The third-order valence-electron chi connectivity index (χ3n) is 3.92. The van der Waals surface area contributed by atoms with Crippen LogP contribution in [0.2, 0.25) is 0 Å². The van der Waals surface area contributed by atoms with Crippen molar-refractivity contribution in [3.63, 3.8) is 0 Å². The van der Waals surface area contributed by atoms with Crippen LogP contribution in [0.3, 0.4) is 0 Å². The molecule has 5 nitrogen and oxygen atoms in total. The van der Waals surface area contributed by atoms with Crippen molar-refractivity contribution in [3.8, 4) is 11.5 Å². The minimum absolute atomic E-state index is 0.0369. The van der Waals surface area contributed by atoms with E-state index in [0.717, 1.165) is 31.2 Å². The summed E-state index contributed by atoms with van der Waals surface area (Å²) in [5.41, 5.74) is 1.43. The van der Waals surface area contributed by atoms with Gasteiger partial charge in [0.2, 0.25) is 0 Å². The Morgan fingerprint density at radius 2 is 2.04 bits per heavy atom. The SMILES string of the molecule is CCCCCN1C(=O)C(C)Oc2c(OCCC)cc(CO)cc21. The predicted octanol–water partition coefficient (Wildman–Crippen LogP) is 3.27. The molecular formula is C18H27NO4. The molecule has 1 N–H and O–H groups in total. The quantitative estimate of drug-likeness (QED) is 0.747. The number of hydrogen-bond donors (Lipinski definition) is 1. The molecule has 0 radical (unpaired) electrons. The zero-order valence-corrected chi connectivity index (χ0v) is 14.3. The van der Waals surface area contributed by atoms with Gasteiger partial charge in [-0.05, 0) is 37.5 Å². The highest BCUT2D eigenvalue weighted by Gasteiger charge is 2.33. The van der Waals surface area contributed by atoms with Crippen molar-refractivity contribution in [2.45, 2.75) is 59.2 Å². The van der Waals surface area contributed by atoms with Gasteiger partial charge in [0.15, 0.2) is 17.6 Å². The van der Waals surface area contributed by atoms with Crippen molar-refractivity contribution in [3.05, 3.63) is 17.7 Å². The summed E-state index contributed by atoms with van der Waals surface area (Å²) in [6.07, 6.45) is 3.49. The Morgan fingerprint density at radius 3 is 2.70 bits per heavy atom. The Bertz CT molecular complexity index is 544. The average Bonchev–Trinajstić information content (AvgIpc) is 2.56. The molecular weight excluding hydrogens is 294 g/mol. The number of rotatable bonds is 8. The molecule has 1 amide bonds. The summed E-state index contributed by atoms with van der Waals surface area (Å²) >= 11 is 0.